The normalized spacial score (nSPS) is 16.2. The van der Waals surface area contributed by atoms with Crippen LogP contribution >= 0.6 is 0 Å². The molecule has 3 rings (SSSR count). The molecule has 1 aromatic heterocycles. The molecule has 1 amide bonds. The van der Waals surface area contributed by atoms with Crippen molar-refractivity contribution in [1.29, 1.82) is 0 Å². The minimum absolute atomic E-state index is 0.168. The first-order valence-corrected chi connectivity index (χ1v) is 7.61. The van der Waals surface area contributed by atoms with Crippen molar-refractivity contribution in [3.63, 3.8) is 0 Å². The van der Waals surface area contributed by atoms with E-state index in [-0.39, 0.29) is 11.5 Å². The van der Waals surface area contributed by atoms with E-state index in [0.717, 1.165) is 18.2 Å². The highest BCUT2D eigenvalue weighted by Gasteiger charge is 2.27. The van der Waals surface area contributed by atoms with Crippen LogP contribution in [0.4, 0.5) is 0 Å². The van der Waals surface area contributed by atoms with Gasteiger partial charge in [-0.2, -0.15) is 0 Å². The third-order valence-corrected chi connectivity index (χ3v) is 4.48. The van der Waals surface area contributed by atoms with Gasteiger partial charge in [0.05, 0.1) is 0 Å². The van der Waals surface area contributed by atoms with E-state index in [0.29, 0.717) is 30.3 Å². The van der Waals surface area contributed by atoms with Crippen molar-refractivity contribution in [2.75, 3.05) is 20.1 Å². The molecule has 5 nitrogen and oxygen atoms in total. The molecule has 1 fully saturated rings. The zero-order chi connectivity index (χ0) is 15.7. The van der Waals surface area contributed by atoms with Crippen LogP contribution < -0.4 is 10.9 Å². The summed E-state index contributed by atoms with van der Waals surface area (Å²) in [4.78, 5) is 26.7. The van der Waals surface area contributed by atoms with Crippen LogP contribution in [-0.4, -0.2) is 37.0 Å². The molecular formula is C17H20N2O3. The Bertz CT molecular complexity index is 758. The van der Waals surface area contributed by atoms with Gasteiger partial charge in [-0.3, -0.25) is 4.79 Å². The van der Waals surface area contributed by atoms with Crippen LogP contribution in [0.15, 0.2) is 33.5 Å². The van der Waals surface area contributed by atoms with Gasteiger partial charge in [0.15, 0.2) is 0 Å². The fourth-order valence-electron chi connectivity index (χ4n) is 3.08. The first kappa shape index (κ1) is 14.8. The molecule has 1 N–H and O–H groups in total. The molecule has 1 aliphatic rings. The highest BCUT2D eigenvalue weighted by molar-refractivity contribution is 5.99. The van der Waals surface area contributed by atoms with Crippen LogP contribution in [0.2, 0.25) is 0 Å². The zero-order valence-electron chi connectivity index (χ0n) is 12.9. The fraction of sp³-hybridized carbons (Fsp3) is 0.412. The van der Waals surface area contributed by atoms with E-state index in [1.807, 2.05) is 32.2 Å². The molecule has 2 heterocycles. The lowest BCUT2D eigenvalue weighted by Crippen LogP contribution is -2.45. The average Bonchev–Trinajstić information content (AvgIpc) is 2.55. The monoisotopic (exact) mass is 300 g/mol. The topological polar surface area (TPSA) is 62.6 Å². The maximum atomic E-state index is 12.7. The number of nitrogens with zero attached hydrogens (tertiary/aromatic N) is 1. The number of carbonyl (C=O) groups excluding carboxylic acids is 1. The highest BCUT2D eigenvalue weighted by Crippen LogP contribution is 2.21. The SMILES string of the molecule is CNC1CCN(C(=O)c2c(C)c3ccccc3oc2=O)CC1. The molecule has 0 atom stereocenters. The molecule has 1 saturated heterocycles. The Morgan fingerprint density at radius 2 is 1.95 bits per heavy atom. The molecule has 5 heteroatoms. The number of fused-ring (bicyclic) bond motifs is 1. The van der Waals surface area contributed by atoms with Crippen molar-refractivity contribution in [2.24, 2.45) is 0 Å². The summed E-state index contributed by atoms with van der Waals surface area (Å²) in [5.74, 6) is -0.216. The van der Waals surface area contributed by atoms with Gasteiger partial charge in [-0.1, -0.05) is 18.2 Å². The molecule has 0 spiro atoms. The van der Waals surface area contributed by atoms with Crippen molar-refractivity contribution in [3.05, 3.63) is 45.8 Å². The van der Waals surface area contributed by atoms with Gasteiger partial charge in [-0.15, -0.1) is 0 Å². The van der Waals surface area contributed by atoms with E-state index in [1.165, 1.54) is 0 Å². The van der Waals surface area contributed by atoms with E-state index in [4.69, 9.17) is 4.42 Å². The maximum Gasteiger partial charge on any atom is 0.349 e. The Labute approximate surface area is 128 Å². The fourth-order valence-corrected chi connectivity index (χ4v) is 3.08. The number of benzene rings is 1. The molecule has 0 radical (unpaired) electrons. The van der Waals surface area contributed by atoms with Gasteiger partial charge in [-0.05, 0) is 38.4 Å². The Hall–Kier alpha value is -2.14. The third kappa shape index (κ3) is 2.52. The predicted octanol–water partition coefficient (Wildman–Crippen LogP) is 1.93. The molecule has 0 saturated carbocycles. The number of rotatable bonds is 2. The lowest BCUT2D eigenvalue weighted by Gasteiger charge is -2.31. The molecule has 2 aromatic rings. The molecule has 0 aliphatic carbocycles. The number of likely N-dealkylation sites (tertiary alicyclic amines) is 1. The highest BCUT2D eigenvalue weighted by atomic mass is 16.4. The first-order chi connectivity index (χ1) is 10.6. The molecule has 116 valence electrons. The smallest absolute Gasteiger partial charge is 0.349 e. The van der Waals surface area contributed by atoms with Crippen molar-refractivity contribution >= 4 is 16.9 Å². The van der Waals surface area contributed by atoms with Gasteiger partial charge in [0.25, 0.3) is 5.91 Å². The summed E-state index contributed by atoms with van der Waals surface area (Å²) in [5.41, 5.74) is 0.849. The van der Waals surface area contributed by atoms with E-state index in [9.17, 15) is 9.59 Å². The second-order valence-electron chi connectivity index (χ2n) is 5.74. The number of hydrogen-bond donors (Lipinski definition) is 1. The Morgan fingerprint density at radius 1 is 1.27 bits per heavy atom. The second kappa shape index (κ2) is 5.93. The summed E-state index contributed by atoms with van der Waals surface area (Å²) in [6.45, 7) is 3.14. The number of piperidine rings is 1. The first-order valence-electron chi connectivity index (χ1n) is 7.61. The molecule has 1 aromatic carbocycles. The van der Waals surface area contributed by atoms with Crippen LogP contribution in [0.3, 0.4) is 0 Å². The second-order valence-corrected chi connectivity index (χ2v) is 5.74. The number of carbonyl (C=O) groups is 1. The summed E-state index contributed by atoms with van der Waals surface area (Å²) in [6.07, 6.45) is 1.81. The van der Waals surface area contributed by atoms with E-state index >= 15 is 0 Å². The standard InChI is InChI=1S/C17H20N2O3/c1-11-13-5-3-4-6-14(13)22-17(21)15(11)16(20)19-9-7-12(18-2)8-10-19/h3-6,12,18H,7-10H2,1-2H3. The number of hydrogen-bond acceptors (Lipinski definition) is 4. The lowest BCUT2D eigenvalue weighted by molar-refractivity contribution is 0.0702. The quantitative estimate of drug-likeness (QED) is 0.861. The third-order valence-electron chi connectivity index (χ3n) is 4.48. The van der Waals surface area contributed by atoms with Crippen LogP contribution in [0.1, 0.15) is 28.8 Å². The van der Waals surface area contributed by atoms with Gasteiger partial charge in [-0.25, -0.2) is 4.79 Å². The number of nitrogens with one attached hydrogen (secondary N) is 1. The van der Waals surface area contributed by atoms with Crippen molar-refractivity contribution in [1.82, 2.24) is 10.2 Å². The Balaban J connectivity index is 1.96. The summed E-state index contributed by atoms with van der Waals surface area (Å²) in [7, 11) is 1.93. The Kier molecular flexibility index (Phi) is 3.98. The van der Waals surface area contributed by atoms with Gasteiger partial charge >= 0.3 is 5.63 Å². The molecule has 1 aliphatic heterocycles. The van der Waals surface area contributed by atoms with Gasteiger partial charge in [0.2, 0.25) is 0 Å². The largest absolute Gasteiger partial charge is 0.422 e. The van der Waals surface area contributed by atoms with Crippen molar-refractivity contribution in [3.8, 4) is 0 Å². The summed E-state index contributed by atoms with van der Waals surface area (Å²) in [5, 5.41) is 4.05. The minimum Gasteiger partial charge on any atom is -0.422 e. The van der Waals surface area contributed by atoms with E-state index < -0.39 is 5.63 Å². The van der Waals surface area contributed by atoms with Crippen molar-refractivity contribution < 1.29 is 9.21 Å². The minimum atomic E-state index is -0.545. The molecule has 0 unspecified atom stereocenters. The number of amides is 1. The zero-order valence-corrected chi connectivity index (χ0v) is 12.9. The molecular weight excluding hydrogens is 280 g/mol. The van der Waals surface area contributed by atoms with Gasteiger partial charge < -0.3 is 14.6 Å². The molecule has 22 heavy (non-hydrogen) atoms. The van der Waals surface area contributed by atoms with Crippen LogP contribution in [0.25, 0.3) is 11.0 Å². The van der Waals surface area contributed by atoms with Gasteiger partial charge in [0, 0.05) is 24.5 Å². The molecule has 0 bridgehead atoms. The van der Waals surface area contributed by atoms with Crippen LogP contribution in [0, 0.1) is 6.92 Å². The average molecular weight is 300 g/mol. The number of para-hydroxylation sites is 1. The van der Waals surface area contributed by atoms with Crippen LogP contribution in [-0.2, 0) is 0 Å². The Morgan fingerprint density at radius 3 is 2.64 bits per heavy atom. The summed E-state index contributed by atoms with van der Waals surface area (Å²) < 4.78 is 5.31. The summed E-state index contributed by atoms with van der Waals surface area (Å²) in [6, 6.07) is 7.75. The van der Waals surface area contributed by atoms with E-state index in [2.05, 4.69) is 5.32 Å². The maximum absolute atomic E-state index is 12.7. The van der Waals surface area contributed by atoms with E-state index in [1.54, 1.807) is 11.0 Å². The van der Waals surface area contributed by atoms with Crippen LogP contribution in [0.5, 0.6) is 0 Å². The number of aryl methyl sites for hydroxylation is 1. The summed E-state index contributed by atoms with van der Waals surface area (Å²) >= 11 is 0. The van der Waals surface area contributed by atoms with Crippen molar-refractivity contribution in [2.45, 2.75) is 25.8 Å². The lowest BCUT2D eigenvalue weighted by atomic mass is 10.0. The van der Waals surface area contributed by atoms with Gasteiger partial charge in [0.1, 0.15) is 11.1 Å². The predicted molar refractivity (Wildman–Crippen MR) is 85.2 cm³/mol.